The predicted molar refractivity (Wildman–Crippen MR) is 158 cm³/mol. The van der Waals surface area contributed by atoms with E-state index in [1.54, 1.807) is 63.2 Å². The molecule has 9 nitrogen and oxygen atoms in total. The number of rotatable bonds is 8. The number of anilines is 1. The van der Waals surface area contributed by atoms with Crippen LogP contribution in [0.25, 0.3) is 0 Å². The molecular weight excluding hydrogens is 594 g/mol. The molecule has 0 fully saturated rings. The van der Waals surface area contributed by atoms with E-state index in [0.29, 0.717) is 23.0 Å². The van der Waals surface area contributed by atoms with Crippen LogP contribution in [0.15, 0.2) is 71.9 Å². The van der Waals surface area contributed by atoms with Crippen LogP contribution in [0.3, 0.4) is 0 Å². The standard InChI is InChI=1S/C32H31F4N5O4/c1-18(38-26(43)15-19-12-13-20(33)16-22(19)32(34,35)36)29(44)40-28-30(45)41(17-25(42)31(2,3)4)24-11-6-5-9-21(24)27(39-28)23-10-7-8-14-37-23/h5-14,16,18,28H,15,17H2,1-4H3,(H,38,43)(H,40,44)/t18-,28?/m0/s1. The van der Waals surface area contributed by atoms with E-state index in [2.05, 4.69) is 20.6 Å². The molecule has 4 rings (SSSR count). The first kappa shape index (κ1) is 33.0. The zero-order valence-electron chi connectivity index (χ0n) is 24.9. The number of pyridine rings is 1. The molecule has 0 saturated heterocycles. The van der Waals surface area contributed by atoms with Crippen molar-refractivity contribution in [1.82, 2.24) is 15.6 Å². The largest absolute Gasteiger partial charge is 0.416 e. The molecule has 3 amide bonds. The van der Waals surface area contributed by atoms with Gasteiger partial charge in [0.15, 0.2) is 5.78 Å². The average Bonchev–Trinajstić information content (AvgIpc) is 3.08. The fourth-order valence-corrected chi connectivity index (χ4v) is 4.53. The van der Waals surface area contributed by atoms with Gasteiger partial charge in [-0.05, 0) is 42.8 Å². The summed E-state index contributed by atoms with van der Waals surface area (Å²) in [5, 5.41) is 4.81. The van der Waals surface area contributed by atoms with Gasteiger partial charge in [-0.3, -0.25) is 24.2 Å². The Morgan fingerprint density at radius 3 is 2.33 bits per heavy atom. The van der Waals surface area contributed by atoms with Crippen molar-refractivity contribution in [2.75, 3.05) is 11.4 Å². The van der Waals surface area contributed by atoms with E-state index >= 15 is 0 Å². The first-order valence-corrected chi connectivity index (χ1v) is 13.9. The molecule has 3 aromatic rings. The minimum absolute atomic E-state index is 0.253. The van der Waals surface area contributed by atoms with Crippen LogP contribution >= 0.6 is 0 Å². The van der Waals surface area contributed by atoms with Crippen molar-refractivity contribution < 1.29 is 36.7 Å². The summed E-state index contributed by atoms with van der Waals surface area (Å²) in [5.74, 6) is -3.90. The maximum absolute atomic E-state index is 13.9. The Balaban J connectivity index is 1.62. The fraction of sp³-hybridized carbons (Fsp3) is 0.312. The van der Waals surface area contributed by atoms with Crippen molar-refractivity contribution in [2.24, 2.45) is 10.4 Å². The molecule has 2 heterocycles. The number of nitrogens with one attached hydrogen (secondary N) is 2. The van der Waals surface area contributed by atoms with Gasteiger partial charge in [-0.25, -0.2) is 9.38 Å². The summed E-state index contributed by atoms with van der Waals surface area (Å²) in [6.07, 6.45) is -5.70. The first-order valence-electron chi connectivity index (χ1n) is 13.9. The number of halogens is 4. The van der Waals surface area contributed by atoms with Gasteiger partial charge in [0.2, 0.25) is 18.0 Å². The van der Waals surface area contributed by atoms with E-state index in [0.717, 1.165) is 12.1 Å². The van der Waals surface area contributed by atoms with Crippen LogP contribution in [-0.2, 0) is 31.8 Å². The highest BCUT2D eigenvalue weighted by atomic mass is 19.4. The van der Waals surface area contributed by atoms with Gasteiger partial charge in [-0.1, -0.05) is 51.1 Å². The van der Waals surface area contributed by atoms with Gasteiger partial charge in [0.25, 0.3) is 5.91 Å². The highest BCUT2D eigenvalue weighted by Gasteiger charge is 2.37. The minimum Gasteiger partial charge on any atom is -0.344 e. The van der Waals surface area contributed by atoms with E-state index < -0.39 is 64.9 Å². The molecule has 13 heteroatoms. The molecule has 1 aliphatic rings. The summed E-state index contributed by atoms with van der Waals surface area (Å²) >= 11 is 0. The third kappa shape index (κ3) is 7.78. The Bertz CT molecular complexity index is 1650. The SMILES string of the molecule is C[C@H](NC(=O)Cc1ccc(F)cc1C(F)(F)F)C(=O)NC1N=C(c2ccccn2)c2ccccc2N(CC(=O)C(C)(C)C)C1=O. The molecule has 2 aromatic carbocycles. The van der Waals surface area contributed by atoms with Gasteiger partial charge in [-0.2, -0.15) is 13.2 Å². The Morgan fingerprint density at radius 2 is 1.69 bits per heavy atom. The van der Waals surface area contributed by atoms with E-state index in [9.17, 15) is 36.7 Å². The molecule has 0 aliphatic carbocycles. The molecular formula is C32H31F4N5O4. The number of alkyl halides is 3. The molecule has 0 radical (unpaired) electrons. The summed E-state index contributed by atoms with van der Waals surface area (Å²) in [4.78, 5) is 63.1. The van der Waals surface area contributed by atoms with Crippen LogP contribution < -0.4 is 15.5 Å². The number of aliphatic imine (C=N–C) groups is 1. The maximum atomic E-state index is 13.9. The van der Waals surface area contributed by atoms with Crippen LogP contribution in [0.4, 0.5) is 23.2 Å². The Hall–Kier alpha value is -4.94. The van der Waals surface area contributed by atoms with Crippen LogP contribution in [0.1, 0.15) is 50.1 Å². The number of hydrogen-bond donors (Lipinski definition) is 2. The lowest BCUT2D eigenvalue weighted by Gasteiger charge is -2.28. The smallest absolute Gasteiger partial charge is 0.344 e. The predicted octanol–water partition coefficient (Wildman–Crippen LogP) is 4.23. The molecule has 2 N–H and O–H groups in total. The molecule has 1 unspecified atom stereocenters. The number of carbonyl (C=O) groups excluding carboxylic acids is 4. The number of nitrogens with zero attached hydrogens (tertiary/aromatic N) is 3. The van der Waals surface area contributed by atoms with Crippen molar-refractivity contribution in [1.29, 1.82) is 0 Å². The van der Waals surface area contributed by atoms with E-state index in [-0.39, 0.29) is 18.0 Å². The number of benzodiazepines with no additional fused rings is 1. The summed E-state index contributed by atoms with van der Waals surface area (Å²) in [7, 11) is 0. The van der Waals surface area contributed by atoms with Crippen molar-refractivity contribution >= 4 is 34.9 Å². The number of ketones is 1. The van der Waals surface area contributed by atoms with Crippen molar-refractivity contribution in [2.45, 2.75) is 52.5 Å². The first-order chi connectivity index (χ1) is 21.1. The second-order valence-electron chi connectivity index (χ2n) is 11.5. The lowest BCUT2D eigenvalue weighted by Crippen LogP contribution is -2.54. The molecule has 0 bridgehead atoms. The van der Waals surface area contributed by atoms with Gasteiger partial charge >= 0.3 is 6.18 Å². The molecule has 1 aliphatic heterocycles. The Labute approximate surface area is 256 Å². The van der Waals surface area contributed by atoms with Crippen molar-refractivity contribution in [3.8, 4) is 0 Å². The lowest BCUT2D eigenvalue weighted by atomic mass is 9.90. The van der Waals surface area contributed by atoms with Gasteiger partial charge in [0.1, 0.15) is 11.9 Å². The van der Waals surface area contributed by atoms with Gasteiger partial charge in [0.05, 0.1) is 35.6 Å². The van der Waals surface area contributed by atoms with Crippen LogP contribution in [-0.4, -0.2) is 53.0 Å². The zero-order chi connectivity index (χ0) is 33.1. The lowest BCUT2D eigenvalue weighted by molar-refractivity contribution is -0.138. The van der Waals surface area contributed by atoms with Crippen molar-refractivity contribution in [3.63, 3.8) is 0 Å². The fourth-order valence-electron chi connectivity index (χ4n) is 4.53. The summed E-state index contributed by atoms with van der Waals surface area (Å²) in [6.45, 7) is 6.11. The highest BCUT2D eigenvalue weighted by molar-refractivity contribution is 6.20. The second-order valence-corrected chi connectivity index (χ2v) is 11.5. The summed E-state index contributed by atoms with van der Waals surface area (Å²) < 4.78 is 53.7. The molecule has 236 valence electrons. The number of benzene rings is 2. The average molecular weight is 626 g/mol. The molecule has 1 aromatic heterocycles. The molecule has 0 saturated carbocycles. The van der Waals surface area contributed by atoms with Gasteiger partial charge < -0.3 is 15.5 Å². The number of carbonyl (C=O) groups is 4. The summed E-state index contributed by atoms with van der Waals surface area (Å²) in [6, 6.07) is 12.5. The maximum Gasteiger partial charge on any atom is 0.416 e. The number of fused-ring (bicyclic) bond motifs is 1. The monoisotopic (exact) mass is 625 g/mol. The van der Waals surface area contributed by atoms with E-state index in [1.807, 2.05) is 0 Å². The molecule has 45 heavy (non-hydrogen) atoms. The second kappa shape index (κ2) is 13.0. The number of aromatic nitrogens is 1. The Morgan fingerprint density at radius 1 is 1.00 bits per heavy atom. The van der Waals surface area contributed by atoms with E-state index in [4.69, 9.17) is 0 Å². The minimum atomic E-state index is -4.90. The van der Waals surface area contributed by atoms with Gasteiger partial charge in [0, 0.05) is 17.2 Å². The number of hydrogen-bond acceptors (Lipinski definition) is 6. The van der Waals surface area contributed by atoms with Crippen LogP contribution in [0, 0.1) is 11.2 Å². The Kier molecular flexibility index (Phi) is 9.50. The van der Waals surface area contributed by atoms with Gasteiger partial charge in [-0.15, -0.1) is 0 Å². The van der Waals surface area contributed by atoms with Crippen LogP contribution in [0.2, 0.25) is 0 Å². The summed E-state index contributed by atoms with van der Waals surface area (Å²) in [5.41, 5.74) is -1.05. The normalized spacial score (nSPS) is 15.8. The number of para-hydroxylation sites is 1. The third-order valence-corrected chi connectivity index (χ3v) is 7.03. The zero-order valence-corrected chi connectivity index (χ0v) is 24.9. The molecule has 2 atom stereocenters. The topological polar surface area (TPSA) is 121 Å². The quantitative estimate of drug-likeness (QED) is 0.363. The highest BCUT2D eigenvalue weighted by Crippen LogP contribution is 2.33. The number of Topliss-reactive ketones (excluding diaryl/α,β-unsaturated/α-hetero) is 1. The van der Waals surface area contributed by atoms with Crippen LogP contribution in [0.5, 0.6) is 0 Å². The van der Waals surface area contributed by atoms with E-state index in [1.165, 1.54) is 18.0 Å². The number of amides is 3. The van der Waals surface area contributed by atoms with Crippen molar-refractivity contribution in [3.05, 3.63) is 95.1 Å². The third-order valence-electron chi connectivity index (χ3n) is 7.03. The molecule has 0 spiro atoms.